The van der Waals surface area contributed by atoms with Crippen molar-refractivity contribution in [3.63, 3.8) is 0 Å². The molecule has 226 valence electrons. The maximum Gasteiger partial charge on any atom is 0.514 e. The monoisotopic (exact) mass is 569 g/mol. The molecule has 1 aromatic rings. The van der Waals surface area contributed by atoms with Gasteiger partial charge in [0.2, 0.25) is 0 Å². The molecule has 0 aromatic heterocycles. The van der Waals surface area contributed by atoms with Crippen LogP contribution >= 0.6 is 0 Å². The summed E-state index contributed by atoms with van der Waals surface area (Å²) in [6.07, 6.45) is -2.42. The van der Waals surface area contributed by atoms with Gasteiger partial charge in [-0.3, -0.25) is 4.79 Å². The summed E-state index contributed by atoms with van der Waals surface area (Å²) in [6.45, 7) is 12.4. The van der Waals surface area contributed by atoms with Crippen LogP contribution in [0.1, 0.15) is 79.7 Å². The van der Waals surface area contributed by atoms with Gasteiger partial charge >= 0.3 is 24.4 Å². The highest BCUT2D eigenvalue weighted by molar-refractivity contribution is 5.76. The largest absolute Gasteiger partial charge is 0.514 e. The van der Waals surface area contributed by atoms with Crippen molar-refractivity contribution >= 4 is 24.4 Å². The zero-order valence-corrected chi connectivity index (χ0v) is 24.4. The van der Waals surface area contributed by atoms with E-state index in [2.05, 4.69) is 0 Å². The van der Waals surface area contributed by atoms with E-state index in [4.69, 9.17) is 38.9 Å². The van der Waals surface area contributed by atoms with E-state index in [9.17, 15) is 19.2 Å². The Balaban J connectivity index is 2.90. The first kappa shape index (κ1) is 34.5. The van der Waals surface area contributed by atoms with Gasteiger partial charge in [0, 0.05) is 0 Å². The highest BCUT2D eigenvalue weighted by atomic mass is 16.8. The number of nitrogens with two attached hydrogens (primary N) is 1. The summed E-state index contributed by atoms with van der Waals surface area (Å²) in [7, 11) is 0. The lowest BCUT2D eigenvalue weighted by Crippen LogP contribution is -2.39. The van der Waals surface area contributed by atoms with Crippen molar-refractivity contribution in [2.45, 2.75) is 111 Å². The number of ether oxygens (including phenoxy) is 7. The van der Waals surface area contributed by atoms with Crippen molar-refractivity contribution in [3.8, 4) is 11.5 Å². The molecular formula is C28H43NO11. The summed E-state index contributed by atoms with van der Waals surface area (Å²) in [6, 6.07) is 3.24. The molecule has 12 heteroatoms. The maximum atomic E-state index is 12.6. The number of hydrogen-bond acceptors (Lipinski definition) is 12. The molecule has 2 N–H and O–H groups in total. The lowest BCUT2D eigenvalue weighted by Gasteiger charge is -2.22. The third-order valence-electron chi connectivity index (χ3n) is 5.86. The Hall–Kier alpha value is -3.54. The van der Waals surface area contributed by atoms with E-state index in [1.54, 1.807) is 33.8 Å². The fourth-order valence-corrected chi connectivity index (χ4v) is 2.85. The number of rotatable bonds is 15. The topological polar surface area (TPSA) is 159 Å². The lowest BCUT2D eigenvalue weighted by molar-refractivity contribution is -0.155. The zero-order valence-electron chi connectivity index (χ0n) is 24.4. The van der Waals surface area contributed by atoms with E-state index in [0.29, 0.717) is 24.8 Å². The van der Waals surface area contributed by atoms with Gasteiger partial charge in [0.1, 0.15) is 30.5 Å². The minimum atomic E-state index is -1.10. The van der Waals surface area contributed by atoms with Crippen LogP contribution in [0.25, 0.3) is 0 Å². The molecule has 0 aliphatic rings. The molecule has 0 bridgehead atoms. The minimum Gasteiger partial charge on any atom is -0.458 e. The number of unbranched alkanes of at least 4 members (excludes halogenated alkanes) is 1. The molecule has 0 fully saturated rings. The number of esters is 1. The van der Waals surface area contributed by atoms with Gasteiger partial charge in [-0.1, -0.05) is 33.3 Å². The predicted molar refractivity (Wildman–Crippen MR) is 144 cm³/mol. The van der Waals surface area contributed by atoms with Crippen LogP contribution < -0.4 is 15.2 Å². The predicted octanol–water partition coefficient (Wildman–Crippen LogP) is 5.46. The Labute approximate surface area is 235 Å². The summed E-state index contributed by atoms with van der Waals surface area (Å²) in [5, 5.41) is 0. The second-order valence-corrected chi connectivity index (χ2v) is 9.39. The van der Waals surface area contributed by atoms with Gasteiger partial charge in [0.25, 0.3) is 0 Å². The van der Waals surface area contributed by atoms with E-state index < -0.39 is 48.8 Å². The SMILES string of the molecule is CCCCOC(=O)OC(C)C(C)OC(=O)[C@@H](N)Cc1ccc(OC(=O)O[C@@H](C)CC)c(OC(=O)OC(C)CC)c1. The molecule has 12 nitrogen and oxygen atoms in total. The van der Waals surface area contributed by atoms with Gasteiger partial charge < -0.3 is 38.9 Å². The highest BCUT2D eigenvalue weighted by Gasteiger charge is 2.26. The molecule has 5 atom stereocenters. The Morgan fingerprint density at radius 3 is 1.85 bits per heavy atom. The fourth-order valence-electron chi connectivity index (χ4n) is 2.85. The van der Waals surface area contributed by atoms with Gasteiger partial charge in [0.15, 0.2) is 11.5 Å². The Kier molecular flexibility index (Phi) is 15.5. The molecule has 3 unspecified atom stereocenters. The van der Waals surface area contributed by atoms with Gasteiger partial charge in [0.05, 0.1) is 6.61 Å². The fraction of sp³-hybridized carbons (Fsp3) is 0.643. The number of carbonyl (C=O) groups excluding carboxylic acids is 4. The van der Waals surface area contributed by atoms with Gasteiger partial charge in [-0.15, -0.1) is 0 Å². The Morgan fingerprint density at radius 1 is 0.750 bits per heavy atom. The normalized spacial score (nSPS) is 14.5. The Morgan fingerprint density at radius 2 is 1.30 bits per heavy atom. The van der Waals surface area contributed by atoms with Crippen LogP contribution in [0.4, 0.5) is 14.4 Å². The van der Waals surface area contributed by atoms with Crippen LogP contribution in [0.15, 0.2) is 18.2 Å². The van der Waals surface area contributed by atoms with Crippen LogP contribution in [0, 0.1) is 0 Å². The molecule has 0 aliphatic carbocycles. The zero-order chi connectivity index (χ0) is 30.2. The van der Waals surface area contributed by atoms with Crippen LogP contribution in [-0.4, -0.2) is 61.5 Å². The lowest BCUT2D eigenvalue weighted by atomic mass is 10.1. The minimum absolute atomic E-state index is 0.00574. The standard InChI is InChI=1S/C28H43NO11/c1-8-11-14-34-26(31)38-20(7)19(6)37-25(30)22(29)15-21-12-13-23(39-27(32)35-17(4)9-2)24(16-21)40-28(33)36-18(5)10-3/h12-13,16-20,22H,8-11,14-15,29H2,1-7H3/t17-,18?,19?,20?,22-/m0/s1. The van der Waals surface area contributed by atoms with Gasteiger partial charge in [-0.25, -0.2) is 14.4 Å². The average Bonchev–Trinajstić information content (AvgIpc) is 2.89. The number of hydrogen-bond donors (Lipinski definition) is 1. The highest BCUT2D eigenvalue weighted by Crippen LogP contribution is 2.30. The molecule has 1 rings (SSSR count). The number of benzene rings is 1. The maximum absolute atomic E-state index is 12.6. The summed E-state index contributed by atoms with van der Waals surface area (Å²) in [5.74, 6) is -0.942. The summed E-state index contributed by atoms with van der Waals surface area (Å²) < 4.78 is 36.2. The van der Waals surface area contributed by atoms with Gasteiger partial charge in [-0.05, 0) is 71.1 Å². The van der Waals surface area contributed by atoms with Crippen molar-refractivity contribution in [2.75, 3.05) is 6.61 Å². The molecule has 40 heavy (non-hydrogen) atoms. The first-order valence-corrected chi connectivity index (χ1v) is 13.6. The molecule has 0 spiro atoms. The van der Waals surface area contributed by atoms with Gasteiger partial charge in [-0.2, -0.15) is 0 Å². The Bertz CT molecular complexity index is 968. The van der Waals surface area contributed by atoms with Crippen molar-refractivity contribution in [3.05, 3.63) is 23.8 Å². The van der Waals surface area contributed by atoms with Crippen molar-refractivity contribution < 1.29 is 52.3 Å². The number of carbonyl (C=O) groups is 4. The summed E-state index contributed by atoms with van der Waals surface area (Å²) >= 11 is 0. The van der Waals surface area contributed by atoms with E-state index in [1.165, 1.54) is 12.1 Å². The first-order valence-electron chi connectivity index (χ1n) is 13.6. The smallest absolute Gasteiger partial charge is 0.458 e. The van der Waals surface area contributed by atoms with E-state index in [0.717, 1.165) is 6.42 Å². The van der Waals surface area contributed by atoms with E-state index in [1.807, 2.05) is 20.8 Å². The first-order chi connectivity index (χ1) is 18.9. The second-order valence-electron chi connectivity index (χ2n) is 9.39. The second kappa shape index (κ2) is 17.9. The third-order valence-corrected chi connectivity index (χ3v) is 5.86. The molecule has 0 radical (unpaired) electrons. The van der Waals surface area contributed by atoms with Crippen molar-refractivity contribution in [1.29, 1.82) is 0 Å². The van der Waals surface area contributed by atoms with E-state index in [-0.39, 0.29) is 30.6 Å². The molecule has 0 heterocycles. The van der Waals surface area contributed by atoms with Crippen LogP contribution in [-0.2, 0) is 34.9 Å². The van der Waals surface area contributed by atoms with Crippen molar-refractivity contribution in [1.82, 2.24) is 0 Å². The summed E-state index contributed by atoms with van der Waals surface area (Å²) in [5.41, 5.74) is 6.54. The summed E-state index contributed by atoms with van der Waals surface area (Å²) in [4.78, 5) is 48.8. The molecular weight excluding hydrogens is 526 g/mol. The molecule has 0 aliphatic heterocycles. The molecule has 1 aromatic carbocycles. The molecule has 0 saturated heterocycles. The van der Waals surface area contributed by atoms with Crippen LogP contribution in [0.3, 0.4) is 0 Å². The third kappa shape index (κ3) is 13.0. The molecule has 0 saturated carbocycles. The van der Waals surface area contributed by atoms with Crippen LogP contribution in [0.5, 0.6) is 11.5 Å². The average molecular weight is 570 g/mol. The van der Waals surface area contributed by atoms with Crippen LogP contribution in [0.2, 0.25) is 0 Å². The molecule has 0 amide bonds. The van der Waals surface area contributed by atoms with Crippen molar-refractivity contribution in [2.24, 2.45) is 5.73 Å². The van der Waals surface area contributed by atoms with E-state index >= 15 is 0 Å². The quantitative estimate of drug-likeness (QED) is 0.123.